The molecule has 106 valence electrons. The van der Waals surface area contributed by atoms with Crippen LogP contribution in [0.3, 0.4) is 0 Å². The maximum absolute atomic E-state index is 12.5. The number of hydrogen-bond donors (Lipinski definition) is 1. The van der Waals surface area contributed by atoms with Gasteiger partial charge in [-0.25, -0.2) is 8.42 Å². The number of nitrogens with zero attached hydrogens (tertiary/aromatic N) is 1. The third-order valence-corrected chi connectivity index (χ3v) is 4.96. The number of aromatic nitrogens is 1. The fraction of sp³-hybridized carbons (Fsp3) is 0. The van der Waals surface area contributed by atoms with Crippen LogP contribution in [-0.2, 0) is 10.0 Å². The standard InChI is InChI=1S/C15H11BrN2O2S/c16-11-6-8-12(9-7-11)18-21(19,20)15-5-1-4-14-13(15)3-2-10-17-14/h1-10,18H. The Hall–Kier alpha value is -1.92. The number of halogens is 1. The van der Waals surface area contributed by atoms with E-state index in [0.717, 1.165) is 4.47 Å². The van der Waals surface area contributed by atoms with Crippen molar-refractivity contribution >= 4 is 42.5 Å². The molecule has 1 N–H and O–H groups in total. The normalized spacial score (nSPS) is 11.5. The largest absolute Gasteiger partial charge is 0.280 e. The Kier molecular flexibility index (Phi) is 3.65. The van der Waals surface area contributed by atoms with Crippen LogP contribution in [0.15, 0.2) is 70.2 Å². The highest BCUT2D eigenvalue weighted by Crippen LogP contribution is 2.24. The molecule has 2 aromatic carbocycles. The summed E-state index contributed by atoms with van der Waals surface area (Å²) in [5.74, 6) is 0. The van der Waals surface area contributed by atoms with Gasteiger partial charge in [0.1, 0.15) is 0 Å². The van der Waals surface area contributed by atoms with Gasteiger partial charge in [0, 0.05) is 21.7 Å². The van der Waals surface area contributed by atoms with Crippen LogP contribution in [0.4, 0.5) is 5.69 Å². The zero-order chi connectivity index (χ0) is 14.9. The van der Waals surface area contributed by atoms with E-state index >= 15 is 0 Å². The van der Waals surface area contributed by atoms with E-state index in [-0.39, 0.29) is 4.90 Å². The SMILES string of the molecule is O=S(=O)(Nc1ccc(Br)cc1)c1cccc2ncccc12. The van der Waals surface area contributed by atoms with Crippen LogP contribution < -0.4 is 4.72 Å². The van der Waals surface area contributed by atoms with Crippen LogP contribution in [-0.4, -0.2) is 13.4 Å². The van der Waals surface area contributed by atoms with Crippen molar-refractivity contribution in [3.8, 4) is 0 Å². The fourth-order valence-electron chi connectivity index (χ4n) is 2.04. The molecule has 0 fully saturated rings. The van der Waals surface area contributed by atoms with Gasteiger partial charge in [-0.2, -0.15) is 0 Å². The molecule has 3 rings (SSSR count). The van der Waals surface area contributed by atoms with E-state index in [1.165, 1.54) is 0 Å². The van der Waals surface area contributed by atoms with Crippen molar-refractivity contribution in [3.63, 3.8) is 0 Å². The van der Waals surface area contributed by atoms with E-state index in [0.29, 0.717) is 16.6 Å². The van der Waals surface area contributed by atoms with Crippen molar-refractivity contribution in [2.24, 2.45) is 0 Å². The van der Waals surface area contributed by atoms with Gasteiger partial charge in [0.15, 0.2) is 0 Å². The molecule has 0 spiro atoms. The van der Waals surface area contributed by atoms with E-state index in [1.54, 1.807) is 60.8 Å². The third-order valence-electron chi connectivity index (χ3n) is 2.99. The van der Waals surface area contributed by atoms with E-state index in [4.69, 9.17) is 0 Å². The van der Waals surface area contributed by atoms with E-state index in [1.807, 2.05) is 0 Å². The van der Waals surface area contributed by atoms with Crippen LogP contribution in [0.25, 0.3) is 10.9 Å². The van der Waals surface area contributed by atoms with Crippen molar-refractivity contribution in [1.29, 1.82) is 0 Å². The van der Waals surface area contributed by atoms with Crippen LogP contribution in [0.1, 0.15) is 0 Å². The number of hydrogen-bond acceptors (Lipinski definition) is 3. The Balaban J connectivity index is 2.06. The Bertz CT molecular complexity index is 888. The lowest BCUT2D eigenvalue weighted by Crippen LogP contribution is -2.13. The van der Waals surface area contributed by atoms with E-state index < -0.39 is 10.0 Å². The molecule has 3 aromatic rings. The summed E-state index contributed by atoms with van der Waals surface area (Å²) in [5, 5.41) is 0.601. The molecule has 0 unspecified atom stereocenters. The zero-order valence-electron chi connectivity index (χ0n) is 10.8. The molecule has 0 aliphatic rings. The second-order valence-electron chi connectivity index (χ2n) is 4.44. The van der Waals surface area contributed by atoms with Gasteiger partial charge in [0.25, 0.3) is 10.0 Å². The molecule has 0 radical (unpaired) electrons. The average Bonchev–Trinajstić information content (AvgIpc) is 2.49. The predicted molar refractivity (Wildman–Crippen MR) is 86.7 cm³/mol. The Morgan fingerprint density at radius 1 is 0.952 bits per heavy atom. The summed E-state index contributed by atoms with van der Waals surface area (Å²) >= 11 is 3.32. The van der Waals surface area contributed by atoms with Gasteiger partial charge in [0.05, 0.1) is 10.4 Å². The Labute approximate surface area is 131 Å². The minimum Gasteiger partial charge on any atom is -0.280 e. The number of nitrogens with one attached hydrogen (secondary N) is 1. The maximum Gasteiger partial charge on any atom is 0.262 e. The Morgan fingerprint density at radius 3 is 2.48 bits per heavy atom. The quantitative estimate of drug-likeness (QED) is 0.770. The maximum atomic E-state index is 12.5. The lowest BCUT2D eigenvalue weighted by Gasteiger charge is -2.10. The third kappa shape index (κ3) is 2.91. The summed E-state index contributed by atoms with van der Waals surface area (Å²) in [5.41, 5.74) is 1.16. The van der Waals surface area contributed by atoms with Gasteiger partial charge in [-0.3, -0.25) is 9.71 Å². The zero-order valence-corrected chi connectivity index (χ0v) is 13.2. The van der Waals surface area contributed by atoms with Crippen LogP contribution in [0.5, 0.6) is 0 Å². The van der Waals surface area contributed by atoms with Crippen LogP contribution in [0, 0.1) is 0 Å². The first-order valence-corrected chi connectivity index (χ1v) is 8.46. The molecule has 1 aromatic heterocycles. The van der Waals surface area contributed by atoms with E-state index in [2.05, 4.69) is 25.6 Å². The van der Waals surface area contributed by atoms with Crippen molar-refractivity contribution in [2.75, 3.05) is 4.72 Å². The molecular formula is C15H11BrN2O2S. The number of pyridine rings is 1. The van der Waals surface area contributed by atoms with Crippen LogP contribution >= 0.6 is 15.9 Å². The number of sulfonamides is 1. The average molecular weight is 363 g/mol. The lowest BCUT2D eigenvalue weighted by atomic mass is 10.2. The summed E-state index contributed by atoms with van der Waals surface area (Å²) in [4.78, 5) is 4.39. The number of fused-ring (bicyclic) bond motifs is 1. The monoisotopic (exact) mass is 362 g/mol. The van der Waals surface area contributed by atoms with Gasteiger partial charge in [-0.05, 0) is 48.5 Å². The molecule has 0 bridgehead atoms. The molecule has 0 aliphatic heterocycles. The molecule has 0 amide bonds. The van der Waals surface area contributed by atoms with Crippen molar-refractivity contribution in [1.82, 2.24) is 4.98 Å². The van der Waals surface area contributed by atoms with Crippen molar-refractivity contribution in [3.05, 3.63) is 65.3 Å². The van der Waals surface area contributed by atoms with Gasteiger partial charge >= 0.3 is 0 Å². The van der Waals surface area contributed by atoms with Crippen molar-refractivity contribution in [2.45, 2.75) is 4.90 Å². The lowest BCUT2D eigenvalue weighted by molar-refractivity contribution is 0.602. The minimum absolute atomic E-state index is 0.219. The summed E-state index contributed by atoms with van der Waals surface area (Å²) in [6.07, 6.45) is 1.64. The molecule has 0 saturated carbocycles. The molecule has 6 heteroatoms. The van der Waals surface area contributed by atoms with Gasteiger partial charge < -0.3 is 0 Å². The van der Waals surface area contributed by atoms with Crippen LogP contribution in [0.2, 0.25) is 0 Å². The highest BCUT2D eigenvalue weighted by Gasteiger charge is 2.17. The molecule has 21 heavy (non-hydrogen) atoms. The predicted octanol–water partition coefficient (Wildman–Crippen LogP) is 3.80. The second kappa shape index (κ2) is 5.46. The number of anilines is 1. The molecule has 0 aliphatic carbocycles. The summed E-state index contributed by atoms with van der Waals surface area (Å²) < 4.78 is 28.6. The molecule has 0 atom stereocenters. The van der Waals surface area contributed by atoms with Gasteiger partial charge in [-0.1, -0.05) is 22.0 Å². The van der Waals surface area contributed by atoms with Gasteiger partial charge in [0.2, 0.25) is 0 Å². The summed E-state index contributed by atoms with van der Waals surface area (Å²) in [6.45, 7) is 0. The molecule has 4 nitrogen and oxygen atoms in total. The molecule has 0 saturated heterocycles. The fourth-order valence-corrected chi connectivity index (χ4v) is 3.58. The minimum atomic E-state index is -3.66. The number of rotatable bonds is 3. The first-order valence-electron chi connectivity index (χ1n) is 6.18. The van der Waals surface area contributed by atoms with Crippen molar-refractivity contribution < 1.29 is 8.42 Å². The summed E-state index contributed by atoms with van der Waals surface area (Å²) in [6, 6.07) is 15.5. The first-order chi connectivity index (χ1) is 10.1. The highest BCUT2D eigenvalue weighted by atomic mass is 79.9. The smallest absolute Gasteiger partial charge is 0.262 e. The second-order valence-corrected chi connectivity index (χ2v) is 7.01. The summed E-state index contributed by atoms with van der Waals surface area (Å²) in [7, 11) is -3.66. The first kappa shape index (κ1) is 14.0. The topological polar surface area (TPSA) is 59.1 Å². The Morgan fingerprint density at radius 2 is 1.71 bits per heavy atom. The number of benzene rings is 2. The highest BCUT2D eigenvalue weighted by molar-refractivity contribution is 9.10. The van der Waals surface area contributed by atoms with Gasteiger partial charge in [-0.15, -0.1) is 0 Å². The molecular weight excluding hydrogens is 352 g/mol. The van der Waals surface area contributed by atoms with E-state index in [9.17, 15) is 8.42 Å². The molecule has 1 heterocycles.